The third-order valence-corrected chi connectivity index (χ3v) is 5.70. The smallest absolute Gasteiger partial charge is 0.137 e. The Morgan fingerprint density at radius 3 is 3.00 bits per heavy atom. The van der Waals surface area contributed by atoms with E-state index in [9.17, 15) is 0 Å². The Labute approximate surface area is 147 Å². The van der Waals surface area contributed by atoms with Crippen molar-refractivity contribution in [1.82, 2.24) is 19.7 Å². The first kappa shape index (κ1) is 14.9. The van der Waals surface area contributed by atoms with Gasteiger partial charge in [-0.25, -0.2) is 4.98 Å². The van der Waals surface area contributed by atoms with Gasteiger partial charge in [0.05, 0.1) is 0 Å². The van der Waals surface area contributed by atoms with Gasteiger partial charge in [-0.1, -0.05) is 18.2 Å². The molecule has 5 heteroatoms. The standard InChI is InChI=1S/C20H23N5/c1-14-5-2-6-15-9-10-21-20(18(14)15)24-11-3-7-16(13-24)19-23-22-17-8-4-12-25(17)19/h2,5-6,9-10,16H,3-4,7-8,11-13H2,1H3/t16-/m1/s1. The Hall–Kier alpha value is -2.43. The number of fused-ring (bicyclic) bond motifs is 2. The fourth-order valence-corrected chi connectivity index (χ4v) is 4.48. The van der Waals surface area contributed by atoms with E-state index >= 15 is 0 Å². The zero-order valence-corrected chi connectivity index (χ0v) is 14.6. The maximum absolute atomic E-state index is 4.76. The van der Waals surface area contributed by atoms with Crippen molar-refractivity contribution in [1.29, 1.82) is 0 Å². The summed E-state index contributed by atoms with van der Waals surface area (Å²) in [6, 6.07) is 8.60. The van der Waals surface area contributed by atoms with Crippen LogP contribution in [0.1, 0.15) is 42.4 Å². The molecule has 0 aliphatic carbocycles. The average Bonchev–Trinajstić information content (AvgIpc) is 3.25. The number of nitrogens with zero attached hydrogens (tertiary/aromatic N) is 5. The Bertz CT molecular complexity index is 924. The molecule has 1 aromatic carbocycles. The summed E-state index contributed by atoms with van der Waals surface area (Å²) in [4.78, 5) is 7.22. The molecule has 0 spiro atoms. The summed E-state index contributed by atoms with van der Waals surface area (Å²) in [6.45, 7) is 5.32. The zero-order valence-electron chi connectivity index (χ0n) is 14.6. The fourth-order valence-electron chi connectivity index (χ4n) is 4.48. The third-order valence-electron chi connectivity index (χ3n) is 5.70. The lowest BCUT2D eigenvalue weighted by molar-refractivity contribution is 0.471. The highest BCUT2D eigenvalue weighted by atomic mass is 15.3. The molecule has 3 aromatic rings. The molecule has 2 aliphatic rings. The molecule has 4 heterocycles. The van der Waals surface area contributed by atoms with Crippen LogP contribution in [0.5, 0.6) is 0 Å². The van der Waals surface area contributed by atoms with Gasteiger partial charge in [0, 0.05) is 43.6 Å². The Balaban J connectivity index is 1.51. The van der Waals surface area contributed by atoms with Crippen LogP contribution in [0, 0.1) is 6.92 Å². The van der Waals surface area contributed by atoms with Crippen molar-refractivity contribution in [2.75, 3.05) is 18.0 Å². The molecule has 2 aliphatic heterocycles. The lowest BCUT2D eigenvalue weighted by Crippen LogP contribution is -2.36. The minimum Gasteiger partial charge on any atom is -0.355 e. The van der Waals surface area contributed by atoms with E-state index in [1.807, 2.05) is 6.20 Å². The Morgan fingerprint density at radius 1 is 1.08 bits per heavy atom. The Kier molecular flexibility index (Phi) is 3.47. The van der Waals surface area contributed by atoms with E-state index < -0.39 is 0 Å². The van der Waals surface area contributed by atoms with E-state index in [0.717, 1.165) is 31.9 Å². The number of hydrogen-bond donors (Lipinski definition) is 0. The molecule has 0 N–H and O–H groups in total. The highest BCUT2D eigenvalue weighted by Gasteiger charge is 2.29. The molecule has 5 nitrogen and oxygen atoms in total. The summed E-state index contributed by atoms with van der Waals surface area (Å²) < 4.78 is 2.36. The van der Waals surface area contributed by atoms with Crippen LogP contribution in [0.4, 0.5) is 5.82 Å². The van der Waals surface area contributed by atoms with Crippen molar-refractivity contribution in [3.05, 3.63) is 47.7 Å². The van der Waals surface area contributed by atoms with Crippen molar-refractivity contribution in [2.24, 2.45) is 0 Å². The summed E-state index contributed by atoms with van der Waals surface area (Å²) in [6.07, 6.45) is 6.59. The van der Waals surface area contributed by atoms with Crippen molar-refractivity contribution in [2.45, 2.75) is 45.1 Å². The van der Waals surface area contributed by atoms with Gasteiger partial charge >= 0.3 is 0 Å². The van der Waals surface area contributed by atoms with Crippen LogP contribution in [0.15, 0.2) is 30.5 Å². The molecule has 0 radical (unpaired) electrons. The number of aryl methyl sites for hydroxylation is 2. The molecule has 0 saturated carbocycles. The minimum absolute atomic E-state index is 0.453. The highest BCUT2D eigenvalue weighted by Crippen LogP contribution is 2.34. The molecule has 2 aromatic heterocycles. The van der Waals surface area contributed by atoms with Crippen LogP contribution in [0.25, 0.3) is 10.8 Å². The number of rotatable bonds is 2. The summed E-state index contributed by atoms with van der Waals surface area (Å²) in [5.74, 6) is 3.94. The van der Waals surface area contributed by atoms with Gasteiger partial charge in [0.15, 0.2) is 0 Å². The normalized spacial score (nSPS) is 20.2. The van der Waals surface area contributed by atoms with E-state index in [0.29, 0.717) is 5.92 Å². The van der Waals surface area contributed by atoms with Crippen molar-refractivity contribution in [3.63, 3.8) is 0 Å². The lowest BCUT2D eigenvalue weighted by Gasteiger charge is -2.34. The van der Waals surface area contributed by atoms with Crippen molar-refractivity contribution >= 4 is 16.6 Å². The summed E-state index contributed by atoms with van der Waals surface area (Å²) in [5.41, 5.74) is 1.30. The molecular weight excluding hydrogens is 310 g/mol. The van der Waals surface area contributed by atoms with Crippen LogP contribution in [-0.4, -0.2) is 32.8 Å². The fraction of sp³-hybridized carbons (Fsp3) is 0.450. The predicted octanol–water partition coefficient (Wildman–Crippen LogP) is 3.46. The number of piperidine rings is 1. The van der Waals surface area contributed by atoms with E-state index in [2.05, 4.69) is 50.9 Å². The van der Waals surface area contributed by atoms with E-state index in [-0.39, 0.29) is 0 Å². The molecule has 1 atom stereocenters. The van der Waals surface area contributed by atoms with Crippen LogP contribution in [0.3, 0.4) is 0 Å². The number of benzene rings is 1. The first-order valence-corrected chi connectivity index (χ1v) is 9.32. The maximum atomic E-state index is 4.76. The van der Waals surface area contributed by atoms with Crippen LogP contribution in [-0.2, 0) is 13.0 Å². The SMILES string of the molecule is Cc1cccc2ccnc(N3CCC[C@@H](c4nnc5n4CCC5)C3)c12. The van der Waals surface area contributed by atoms with Gasteiger partial charge in [-0.3, -0.25) is 0 Å². The Morgan fingerprint density at radius 2 is 2.04 bits per heavy atom. The maximum Gasteiger partial charge on any atom is 0.137 e. The number of anilines is 1. The van der Waals surface area contributed by atoms with E-state index in [1.54, 1.807) is 0 Å². The summed E-state index contributed by atoms with van der Waals surface area (Å²) in [5, 5.41) is 11.5. The topological polar surface area (TPSA) is 46.8 Å². The molecule has 128 valence electrons. The molecule has 0 amide bonds. The van der Waals surface area contributed by atoms with Crippen LogP contribution >= 0.6 is 0 Å². The molecule has 5 rings (SSSR count). The first-order valence-electron chi connectivity index (χ1n) is 9.32. The number of hydrogen-bond acceptors (Lipinski definition) is 4. The van der Waals surface area contributed by atoms with E-state index in [1.165, 1.54) is 47.2 Å². The van der Waals surface area contributed by atoms with Crippen molar-refractivity contribution < 1.29 is 0 Å². The molecule has 1 saturated heterocycles. The molecular formula is C20H23N5. The van der Waals surface area contributed by atoms with E-state index in [4.69, 9.17) is 4.98 Å². The van der Waals surface area contributed by atoms with Gasteiger partial charge in [-0.2, -0.15) is 0 Å². The van der Waals surface area contributed by atoms with Gasteiger partial charge in [0.25, 0.3) is 0 Å². The highest BCUT2D eigenvalue weighted by molar-refractivity contribution is 5.94. The van der Waals surface area contributed by atoms with Gasteiger partial charge < -0.3 is 9.47 Å². The molecule has 0 unspecified atom stereocenters. The van der Waals surface area contributed by atoms with Crippen LogP contribution < -0.4 is 4.90 Å². The molecule has 0 bridgehead atoms. The second-order valence-electron chi connectivity index (χ2n) is 7.32. The second-order valence-corrected chi connectivity index (χ2v) is 7.32. The lowest BCUT2D eigenvalue weighted by atomic mass is 9.96. The summed E-state index contributed by atoms with van der Waals surface area (Å²) >= 11 is 0. The van der Waals surface area contributed by atoms with Gasteiger partial charge in [0.1, 0.15) is 17.5 Å². The monoisotopic (exact) mass is 333 g/mol. The average molecular weight is 333 g/mol. The molecule has 25 heavy (non-hydrogen) atoms. The number of aromatic nitrogens is 4. The predicted molar refractivity (Wildman–Crippen MR) is 99.0 cm³/mol. The minimum atomic E-state index is 0.453. The number of pyridine rings is 1. The third kappa shape index (κ3) is 2.41. The molecule has 1 fully saturated rings. The van der Waals surface area contributed by atoms with Crippen LogP contribution in [0.2, 0.25) is 0 Å². The largest absolute Gasteiger partial charge is 0.355 e. The second kappa shape index (κ2) is 5.83. The van der Waals surface area contributed by atoms with Gasteiger partial charge in [0.2, 0.25) is 0 Å². The van der Waals surface area contributed by atoms with Gasteiger partial charge in [-0.15, -0.1) is 10.2 Å². The first-order chi connectivity index (χ1) is 12.3. The van der Waals surface area contributed by atoms with Gasteiger partial charge in [-0.05, 0) is 43.2 Å². The quantitative estimate of drug-likeness (QED) is 0.720. The summed E-state index contributed by atoms with van der Waals surface area (Å²) in [7, 11) is 0. The zero-order chi connectivity index (χ0) is 16.8. The van der Waals surface area contributed by atoms with Crippen molar-refractivity contribution in [3.8, 4) is 0 Å².